The van der Waals surface area contributed by atoms with Crippen LogP contribution in [-0.2, 0) is 20.6 Å². The second-order valence-corrected chi connectivity index (χ2v) is 7.91. The van der Waals surface area contributed by atoms with Gasteiger partial charge in [-0.1, -0.05) is 17.4 Å². The summed E-state index contributed by atoms with van der Waals surface area (Å²) in [6.45, 7) is -1.39. The monoisotopic (exact) mass is 464 g/mol. The van der Waals surface area contributed by atoms with Crippen molar-refractivity contribution in [1.29, 1.82) is 0 Å². The molecule has 2 fully saturated rings. The predicted octanol–water partition coefficient (Wildman–Crippen LogP) is -4.46. The van der Waals surface area contributed by atoms with Crippen molar-refractivity contribution >= 4 is 0 Å². The van der Waals surface area contributed by atoms with Gasteiger partial charge in [0.2, 0.25) is 6.29 Å². The third kappa shape index (κ3) is 5.72. The largest absolute Gasteiger partial charge is 0.462 e. The van der Waals surface area contributed by atoms with E-state index in [-0.39, 0.29) is 19.8 Å². The fourth-order valence-corrected chi connectivity index (χ4v) is 3.40. The topological polar surface area (TPSA) is 203 Å². The molecule has 0 aliphatic carbocycles. The van der Waals surface area contributed by atoms with E-state index in [9.17, 15) is 30.6 Å². The quantitative estimate of drug-likeness (QED) is 0.159. The van der Waals surface area contributed by atoms with Crippen molar-refractivity contribution in [3.8, 4) is 5.75 Å². The van der Waals surface area contributed by atoms with Crippen molar-refractivity contribution in [2.24, 2.45) is 0 Å². The number of aliphatic hydroxyl groups is 6. The van der Waals surface area contributed by atoms with Gasteiger partial charge in [-0.2, -0.15) is 10.4 Å². The van der Waals surface area contributed by atoms with Crippen LogP contribution < -0.4 is 9.96 Å². The molecule has 32 heavy (non-hydrogen) atoms. The van der Waals surface area contributed by atoms with E-state index in [1.807, 2.05) is 0 Å². The van der Waals surface area contributed by atoms with E-state index in [2.05, 4.69) is 0 Å². The van der Waals surface area contributed by atoms with Crippen LogP contribution in [0.4, 0.5) is 0 Å². The van der Waals surface area contributed by atoms with Gasteiger partial charge < -0.3 is 49.6 Å². The maximum atomic E-state index is 10.2. The van der Waals surface area contributed by atoms with Crippen LogP contribution in [0.25, 0.3) is 0 Å². The Labute approximate surface area is 183 Å². The molecule has 0 saturated carbocycles. The van der Waals surface area contributed by atoms with Gasteiger partial charge in [-0.3, -0.25) is 0 Å². The molecule has 2 heterocycles. The predicted molar refractivity (Wildman–Crippen MR) is 101 cm³/mol. The highest BCUT2D eigenvalue weighted by Crippen LogP contribution is 2.28. The lowest BCUT2D eigenvalue weighted by atomic mass is 9.99. The van der Waals surface area contributed by atoms with E-state index in [1.165, 1.54) is 0 Å². The minimum Gasteiger partial charge on any atom is -0.462 e. The Morgan fingerprint density at radius 3 is 2.28 bits per heavy atom. The molecule has 182 valence electrons. The van der Waals surface area contributed by atoms with Gasteiger partial charge in [0.25, 0.3) is 0 Å². The number of hydrogen-bond donors (Lipinski definition) is 9. The van der Waals surface area contributed by atoms with Crippen molar-refractivity contribution in [3.63, 3.8) is 0 Å². The molecule has 1 aromatic carbocycles. The third-order valence-corrected chi connectivity index (χ3v) is 5.49. The third-order valence-electron chi connectivity index (χ3n) is 5.49. The molecule has 13 heteroatoms. The van der Waals surface area contributed by atoms with Crippen molar-refractivity contribution in [2.75, 3.05) is 26.4 Å². The molecule has 1 aromatic rings. The summed E-state index contributed by atoms with van der Waals surface area (Å²) in [5, 5.41) is 76.8. The molecule has 0 aromatic heterocycles. The lowest BCUT2D eigenvalue weighted by molar-refractivity contribution is -1.24. The molecule has 2 aliphatic heterocycles. The molecule has 13 nitrogen and oxygen atoms in total. The number of nitrogens with one attached hydrogen (secondary N) is 1. The van der Waals surface area contributed by atoms with Crippen molar-refractivity contribution < 1.29 is 65.2 Å². The first kappa shape index (κ1) is 25.2. The first-order valence-corrected chi connectivity index (χ1v) is 10.1. The SMILES string of the molecule is OCC1(O)COC(OCC2OC(Oc3ccc(CC[NH+](O)O)cc3)C(O)C(O)C2O)C1O. The highest BCUT2D eigenvalue weighted by atomic mass is 16.8. The summed E-state index contributed by atoms with van der Waals surface area (Å²) in [5.41, 5.74) is -1.07. The minimum absolute atomic E-state index is 0.0888. The summed E-state index contributed by atoms with van der Waals surface area (Å²) < 4.78 is 21.6. The van der Waals surface area contributed by atoms with Gasteiger partial charge in [-0.15, -0.1) is 0 Å². The molecule has 0 bridgehead atoms. The highest BCUT2D eigenvalue weighted by molar-refractivity contribution is 5.27. The first-order chi connectivity index (χ1) is 15.1. The van der Waals surface area contributed by atoms with Crippen LogP contribution in [0.3, 0.4) is 0 Å². The Morgan fingerprint density at radius 2 is 1.69 bits per heavy atom. The Hall–Kier alpha value is -1.46. The minimum atomic E-state index is -1.88. The normalized spacial score (nSPS) is 37.7. The van der Waals surface area contributed by atoms with E-state index in [4.69, 9.17) is 29.4 Å². The Morgan fingerprint density at radius 1 is 1.00 bits per heavy atom. The number of aliphatic hydroxyl groups excluding tert-OH is 5. The van der Waals surface area contributed by atoms with Gasteiger partial charge in [0.1, 0.15) is 48.4 Å². The van der Waals surface area contributed by atoms with Gasteiger partial charge in [0, 0.05) is 6.42 Å². The second-order valence-electron chi connectivity index (χ2n) is 7.91. The fraction of sp³-hybridized carbons (Fsp3) is 0.684. The summed E-state index contributed by atoms with van der Waals surface area (Å²) in [5.74, 6) is 0.292. The van der Waals surface area contributed by atoms with Gasteiger partial charge >= 0.3 is 0 Å². The van der Waals surface area contributed by atoms with Gasteiger partial charge in [-0.05, 0) is 17.7 Å². The first-order valence-electron chi connectivity index (χ1n) is 10.1. The van der Waals surface area contributed by atoms with Crippen LogP contribution >= 0.6 is 0 Å². The molecular formula is C19H30NO12+. The molecule has 0 amide bonds. The van der Waals surface area contributed by atoms with Gasteiger partial charge in [-0.25, -0.2) is 0 Å². The van der Waals surface area contributed by atoms with E-state index in [1.54, 1.807) is 24.3 Å². The summed E-state index contributed by atoms with van der Waals surface area (Å²) in [4.78, 5) is 0. The zero-order valence-corrected chi connectivity index (χ0v) is 17.1. The van der Waals surface area contributed by atoms with E-state index < -0.39 is 60.5 Å². The summed E-state index contributed by atoms with van der Waals surface area (Å²) in [7, 11) is 0. The van der Waals surface area contributed by atoms with Crippen LogP contribution in [-0.4, -0.2) is 116 Å². The number of rotatable bonds is 9. The van der Waals surface area contributed by atoms with Crippen LogP contribution in [0.2, 0.25) is 0 Å². The molecule has 2 aliphatic rings. The Kier molecular flexibility index (Phi) is 8.37. The van der Waals surface area contributed by atoms with Crippen LogP contribution in [0.1, 0.15) is 5.56 Å². The van der Waals surface area contributed by atoms with Gasteiger partial charge in [0.15, 0.2) is 6.29 Å². The number of hydrogen-bond acceptors (Lipinski definition) is 12. The average molecular weight is 464 g/mol. The van der Waals surface area contributed by atoms with Crippen LogP contribution in [0.5, 0.6) is 5.75 Å². The molecule has 3 rings (SSSR count). The lowest BCUT2D eigenvalue weighted by Crippen LogP contribution is -3.07. The standard InChI is InChI=1S/C19H29NO12/c21-8-19(26)9-30-18(16(19)25)29-7-12-13(22)14(23)15(24)17(32-12)31-11-3-1-10(2-4-11)5-6-20(27)28/h1-4,12-18,21-28H,5-9H2/p+1. The molecular weight excluding hydrogens is 434 g/mol. The van der Waals surface area contributed by atoms with Gasteiger partial charge in [0.05, 0.1) is 19.8 Å². The van der Waals surface area contributed by atoms with Crippen molar-refractivity contribution in [3.05, 3.63) is 29.8 Å². The molecule has 0 radical (unpaired) electrons. The zero-order valence-electron chi connectivity index (χ0n) is 17.1. The highest BCUT2D eigenvalue weighted by Gasteiger charge is 2.50. The Balaban J connectivity index is 1.58. The molecule has 8 unspecified atom stereocenters. The van der Waals surface area contributed by atoms with Crippen LogP contribution in [0.15, 0.2) is 24.3 Å². The summed E-state index contributed by atoms with van der Waals surface area (Å²) in [6, 6.07) is 6.50. The second kappa shape index (κ2) is 10.6. The van der Waals surface area contributed by atoms with Crippen molar-refractivity contribution in [2.45, 2.75) is 55.1 Å². The van der Waals surface area contributed by atoms with Crippen LogP contribution in [0, 0.1) is 0 Å². The molecule has 9 N–H and O–H groups in total. The number of benzene rings is 1. The number of quaternary nitrogens is 1. The van der Waals surface area contributed by atoms with E-state index in [0.717, 1.165) is 5.56 Å². The summed E-state index contributed by atoms with van der Waals surface area (Å²) in [6.07, 6.45) is -9.69. The zero-order chi connectivity index (χ0) is 23.5. The Bertz CT molecular complexity index is 721. The molecule has 0 spiro atoms. The molecule has 2 saturated heterocycles. The van der Waals surface area contributed by atoms with E-state index in [0.29, 0.717) is 12.2 Å². The van der Waals surface area contributed by atoms with E-state index >= 15 is 0 Å². The molecule has 8 atom stereocenters. The fourth-order valence-electron chi connectivity index (χ4n) is 3.40. The lowest BCUT2D eigenvalue weighted by Gasteiger charge is -2.40. The van der Waals surface area contributed by atoms with Crippen molar-refractivity contribution in [1.82, 2.24) is 0 Å². The number of ether oxygens (including phenoxy) is 4. The maximum absolute atomic E-state index is 10.2. The number of hydroxylamine groups is 2. The maximum Gasteiger partial charge on any atom is 0.229 e. The summed E-state index contributed by atoms with van der Waals surface area (Å²) >= 11 is 0. The smallest absolute Gasteiger partial charge is 0.229 e. The average Bonchev–Trinajstić information content (AvgIpc) is 3.07.